The Morgan fingerprint density at radius 3 is 2.83 bits per heavy atom. The molecule has 0 amide bonds. The molecule has 2 aromatic carbocycles. The number of hydrogen-bond donors (Lipinski definition) is 1. The SMILES string of the molecule is O=[N+]([O-])c1ccc(O)c(C=N[C@H]2CCN(Cc3ccccc3)C2)c1. The van der Waals surface area contributed by atoms with Gasteiger partial charge in [-0.15, -0.1) is 0 Å². The van der Waals surface area contributed by atoms with Crippen molar-refractivity contribution >= 4 is 11.9 Å². The molecule has 0 bridgehead atoms. The van der Waals surface area contributed by atoms with Crippen LogP contribution in [0.15, 0.2) is 53.5 Å². The van der Waals surface area contributed by atoms with Gasteiger partial charge in [0.2, 0.25) is 0 Å². The van der Waals surface area contributed by atoms with E-state index in [-0.39, 0.29) is 17.5 Å². The van der Waals surface area contributed by atoms with Crippen LogP contribution in [0.2, 0.25) is 0 Å². The third-order valence-corrected chi connectivity index (χ3v) is 4.14. The van der Waals surface area contributed by atoms with Gasteiger partial charge in [0.1, 0.15) is 5.75 Å². The first kappa shape index (κ1) is 16.1. The summed E-state index contributed by atoms with van der Waals surface area (Å²) in [6.45, 7) is 2.72. The number of phenolic OH excluding ortho intramolecular Hbond substituents is 1. The molecule has 1 aliphatic rings. The topological polar surface area (TPSA) is 79.0 Å². The normalized spacial score (nSPS) is 18.2. The Bertz CT molecular complexity index is 746. The van der Waals surface area contributed by atoms with Gasteiger partial charge in [0.25, 0.3) is 5.69 Å². The van der Waals surface area contributed by atoms with E-state index in [4.69, 9.17) is 0 Å². The largest absolute Gasteiger partial charge is 0.507 e. The van der Waals surface area contributed by atoms with Crippen molar-refractivity contribution in [3.8, 4) is 5.75 Å². The number of aromatic hydroxyl groups is 1. The highest BCUT2D eigenvalue weighted by Crippen LogP contribution is 2.22. The number of non-ortho nitro benzene ring substituents is 1. The van der Waals surface area contributed by atoms with E-state index < -0.39 is 4.92 Å². The minimum Gasteiger partial charge on any atom is -0.507 e. The lowest BCUT2D eigenvalue weighted by atomic mass is 10.2. The number of benzene rings is 2. The number of likely N-dealkylation sites (tertiary alicyclic amines) is 1. The van der Waals surface area contributed by atoms with Gasteiger partial charge in [-0.3, -0.25) is 20.0 Å². The second-order valence-electron chi connectivity index (χ2n) is 5.94. The number of hydrogen-bond acceptors (Lipinski definition) is 5. The summed E-state index contributed by atoms with van der Waals surface area (Å²) in [5.41, 5.74) is 1.61. The Hall–Kier alpha value is -2.73. The van der Waals surface area contributed by atoms with Gasteiger partial charge < -0.3 is 5.11 Å². The van der Waals surface area contributed by atoms with E-state index >= 15 is 0 Å². The molecule has 1 fully saturated rings. The van der Waals surface area contributed by atoms with Crippen LogP contribution in [-0.4, -0.2) is 40.3 Å². The maximum Gasteiger partial charge on any atom is 0.270 e. The molecule has 24 heavy (non-hydrogen) atoms. The van der Waals surface area contributed by atoms with Crippen LogP contribution in [-0.2, 0) is 6.54 Å². The number of nitro benzene ring substituents is 1. The fourth-order valence-corrected chi connectivity index (χ4v) is 2.86. The Morgan fingerprint density at radius 2 is 2.08 bits per heavy atom. The zero-order chi connectivity index (χ0) is 16.9. The summed E-state index contributed by atoms with van der Waals surface area (Å²) in [5.74, 6) is 0.00323. The molecule has 0 saturated carbocycles. The van der Waals surface area contributed by atoms with E-state index in [1.807, 2.05) is 18.2 Å². The first-order valence-corrected chi connectivity index (χ1v) is 7.88. The van der Waals surface area contributed by atoms with Crippen LogP contribution in [0, 0.1) is 10.1 Å². The molecule has 0 unspecified atom stereocenters. The third-order valence-electron chi connectivity index (χ3n) is 4.14. The molecule has 1 heterocycles. The van der Waals surface area contributed by atoms with Gasteiger partial charge in [-0.2, -0.15) is 0 Å². The van der Waals surface area contributed by atoms with Crippen molar-refractivity contribution in [3.05, 3.63) is 69.8 Å². The summed E-state index contributed by atoms with van der Waals surface area (Å²) in [6.07, 6.45) is 2.48. The highest BCUT2D eigenvalue weighted by molar-refractivity contribution is 5.84. The molecule has 1 saturated heterocycles. The maximum atomic E-state index is 10.8. The number of rotatable bonds is 5. The van der Waals surface area contributed by atoms with E-state index in [0.717, 1.165) is 26.1 Å². The lowest BCUT2D eigenvalue weighted by Gasteiger charge is -2.14. The quantitative estimate of drug-likeness (QED) is 0.521. The molecule has 0 spiro atoms. The molecule has 1 atom stereocenters. The van der Waals surface area contributed by atoms with Crippen molar-refractivity contribution in [3.63, 3.8) is 0 Å². The Kier molecular flexibility index (Phi) is 4.86. The zero-order valence-electron chi connectivity index (χ0n) is 13.2. The first-order valence-electron chi connectivity index (χ1n) is 7.88. The molecule has 3 rings (SSSR count). The van der Waals surface area contributed by atoms with Crippen molar-refractivity contribution in [2.24, 2.45) is 4.99 Å². The lowest BCUT2D eigenvalue weighted by Crippen LogP contribution is -2.21. The number of nitrogens with zero attached hydrogens (tertiary/aromatic N) is 3. The average molecular weight is 325 g/mol. The highest BCUT2D eigenvalue weighted by atomic mass is 16.6. The third kappa shape index (κ3) is 3.97. The van der Waals surface area contributed by atoms with Crippen molar-refractivity contribution in [1.29, 1.82) is 0 Å². The summed E-state index contributed by atoms with van der Waals surface area (Å²) in [4.78, 5) is 17.2. The fourth-order valence-electron chi connectivity index (χ4n) is 2.86. The summed E-state index contributed by atoms with van der Waals surface area (Å²) < 4.78 is 0. The molecule has 0 radical (unpaired) electrons. The zero-order valence-corrected chi connectivity index (χ0v) is 13.2. The van der Waals surface area contributed by atoms with Gasteiger partial charge in [-0.25, -0.2) is 0 Å². The van der Waals surface area contributed by atoms with Crippen LogP contribution in [0.1, 0.15) is 17.5 Å². The first-order chi connectivity index (χ1) is 11.6. The van der Waals surface area contributed by atoms with E-state index in [9.17, 15) is 15.2 Å². The summed E-state index contributed by atoms with van der Waals surface area (Å²) in [7, 11) is 0. The van der Waals surface area contributed by atoms with Gasteiger partial charge >= 0.3 is 0 Å². The van der Waals surface area contributed by atoms with Gasteiger partial charge in [0, 0.05) is 43.5 Å². The number of aliphatic imine (C=N–C) groups is 1. The molecule has 6 heteroatoms. The van der Waals surface area contributed by atoms with E-state index in [2.05, 4.69) is 22.0 Å². The van der Waals surface area contributed by atoms with Gasteiger partial charge in [-0.1, -0.05) is 30.3 Å². The van der Waals surface area contributed by atoms with Crippen LogP contribution in [0.3, 0.4) is 0 Å². The predicted octanol–water partition coefficient (Wildman–Crippen LogP) is 2.99. The van der Waals surface area contributed by atoms with Crippen molar-refractivity contribution in [2.45, 2.75) is 19.0 Å². The van der Waals surface area contributed by atoms with E-state index in [1.165, 1.54) is 23.8 Å². The summed E-state index contributed by atoms with van der Waals surface area (Å²) in [6, 6.07) is 14.4. The van der Waals surface area contributed by atoms with Gasteiger partial charge in [0.05, 0.1) is 11.0 Å². The Labute approximate surface area is 140 Å². The van der Waals surface area contributed by atoms with Crippen LogP contribution < -0.4 is 0 Å². The molecule has 1 N–H and O–H groups in total. The Morgan fingerprint density at radius 1 is 1.29 bits per heavy atom. The maximum absolute atomic E-state index is 10.8. The number of phenols is 1. The predicted molar refractivity (Wildman–Crippen MR) is 92.5 cm³/mol. The van der Waals surface area contributed by atoms with Gasteiger partial charge in [0.15, 0.2) is 0 Å². The smallest absolute Gasteiger partial charge is 0.270 e. The van der Waals surface area contributed by atoms with Crippen LogP contribution in [0.25, 0.3) is 0 Å². The molecular weight excluding hydrogens is 306 g/mol. The van der Waals surface area contributed by atoms with Gasteiger partial charge in [-0.05, 0) is 18.1 Å². The molecule has 6 nitrogen and oxygen atoms in total. The monoisotopic (exact) mass is 325 g/mol. The minimum atomic E-state index is -0.478. The standard InChI is InChI=1S/C18H19N3O3/c22-18-7-6-17(21(23)24)10-15(18)11-19-16-8-9-20(13-16)12-14-4-2-1-3-5-14/h1-7,10-11,16,22H,8-9,12-13H2/t16-/m0/s1. The number of nitro groups is 1. The van der Waals surface area contributed by atoms with Crippen molar-refractivity contribution in [2.75, 3.05) is 13.1 Å². The molecule has 0 aliphatic carbocycles. The second kappa shape index (κ2) is 7.23. The van der Waals surface area contributed by atoms with E-state index in [0.29, 0.717) is 5.56 Å². The fraction of sp³-hybridized carbons (Fsp3) is 0.278. The van der Waals surface area contributed by atoms with Crippen molar-refractivity contribution < 1.29 is 10.0 Å². The van der Waals surface area contributed by atoms with Crippen molar-refractivity contribution in [1.82, 2.24) is 4.90 Å². The molecule has 1 aliphatic heterocycles. The van der Waals surface area contributed by atoms with Crippen LogP contribution in [0.4, 0.5) is 5.69 Å². The highest BCUT2D eigenvalue weighted by Gasteiger charge is 2.21. The minimum absolute atomic E-state index is 0.00323. The van der Waals surface area contributed by atoms with E-state index in [1.54, 1.807) is 6.21 Å². The second-order valence-corrected chi connectivity index (χ2v) is 5.94. The average Bonchev–Trinajstić information content (AvgIpc) is 3.02. The van der Waals surface area contributed by atoms with Crippen LogP contribution in [0.5, 0.6) is 5.75 Å². The molecular formula is C18H19N3O3. The molecule has 124 valence electrons. The molecule has 0 aromatic heterocycles. The van der Waals surface area contributed by atoms with Crippen LogP contribution >= 0.6 is 0 Å². The summed E-state index contributed by atoms with van der Waals surface area (Å²) >= 11 is 0. The lowest BCUT2D eigenvalue weighted by molar-refractivity contribution is -0.384. The Balaban J connectivity index is 1.62. The molecule has 2 aromatic rings. The summed E-state index contributed by atoms with van der Waals surface area (Å²) in [5, 5.41) is 20.6.